The molecule has 1 amide bonds. The van der Waals surface area contributed by atoms with Crippen LogP contribution in [0.2, 0.25) is 0 Å². The number of fused-ring (bicyclic) bond motifs is 1. The number of anilines is 1. The van der Waals surface area contributed by atoms with Gasteiger partial charge in [-0.25, -0.2) is 0 Å². The Balaban J connectivity index is 0.00000147. The molecular formula is C16H23ClN2O. The standard InChI is InChI=1S/C16H22N2O.ClH/c1-2-16(9-4-10-17-16)15(19)18-14-8-7-12-5-3-6-13(12)11-14;/h7-8,11,17H,2-6,9-10H2,1H3,(H,18,19);1H. The van der Waals surface area contributed by atoms with Crippen LogP contribution in [0, 0.1) is 0 Å². The van der Waals surface area contributed by atoms with Crippen molar-refractivity contribution < 1.29 is 4.79 Å². The molecule has 1 unspecified atom stereocenters. The van der Waals surface area contributed by atoms with Gasteiger partial charge in [-0.3, -0.25) is 4.79 Å². The molecule has 1 heterocycles. The lowest BCUT2D eigenvalue weighted by molar-refractivity contribution is -0.122. The fraction of sp³-hybridized carbons (Fsp3) is 0.562. The first-order chi connectivity index (χ1) is 9.23. The molecule has 3 rings (SSSR count). The number of rotatable bonds is 3. The van der Waals surface area contributed by atoms with Crippen LogP contribution in [-0.2, 0) is 17.6 Å². The molecular weight excluding hydrogens is 272 g/mol. The van der Waals surface area contributed by atoms with E-state index in [1.165, 1.54) is 24.0 Å². The van der Waals surface area contributed by atoms with Crippen LogP contribution in [0.5, 0.6) is 0 Å². The molecule has 2 N–H and O–H groups in total. The summed E-state index contributed by atoms with van der Waals surface area (Å²) in [6, 6.07) is 6.36. The van der Waals surface area contributed by atoms with Crippen molar-refractivity contribution in [2.45, 2.75) is 51.0 Å². The van der Waals surface area contributed by atoms with Gasteiger partial charge in [-0.1, -0.05) is 13.0 Å². The number of hydrogen-bond acceptors (Lipinski definition) is 2. The predicted octanol–water partition coefficient (Wildman–Crippen LogP) is 3.07. The van der Waals surface area contributed by atoms with E-state index >= 15 is 0 Å². The third-order valence-corrected chi connectivity index (χ3v) is 4.64. The van der Waals surface area contributed by atoms with E-state index in [2.05, 4.69) is 29.7 Å². The van der Waals surface area contributed by atoms with Gasteiger partial charge in [0.25, 0.3) is 0 Å². The highest BCUT2D eigenvalue weighted by Gasteiger charge is 2.39. The van der Waals surface area contributed by atoms with Crippen molar-refractivity contribution in [1.29, 1.82) is 0 Å². The van der Waals surface area contributed by atoms with E-state index in [9.17, 15) is 4.79 Å². The minimum Gasteiger partial charge on any atom is -0.324 e. The number of aryl methyl sites for hydroxylation is 2. The monoisotopic (exact) mass is 294 g/mol. The van der Waals surface area contributed by atoms with Crippen molar-refractivity contribution in [3.63, 3.8) is 0 Å². The Hall–Kier alpha value is -1.06. The fourth-order valence-electron chi connectivity index (χ4n) is 3.36. The summed E-state index contributed by atoms with van der Waals surface area (Å²) in [6.07, 6.45) is 6.46. The van der Waals surface area contributed by atoms with Crippen molar-refractivity contribution in [2.24, 2.45) is 0 Å². The van der Waals surface area contributed by atoms with Gasteiger partial charge in [0.2, 0.25) is 5.91 Å². The van der Waals surface area contributed by atoms with Gasteiger partial charge in [0, 0.05) is 5.69 Å². The Morgan fingerprint density at radius 1 is 1.30 bits per heavy atom. The molecule has 0 spiro atoms. The SMILES string of the molecule is CCC1(C(=O)Nc2ccc3c(c2)CCC3)CCCN1.Cl. The maximum absolute atomic E-state index is 12.5. The van der Waals surface area contributed by atoms with Gasteiger partial charge in [-0.2, -0.15) is 0 Å². The van der Waals surface area contributed by atoms with Crippen LogP contribution < -0.4 is 10.6 Å². The van der Waals surface area contributed by atoms with Gasteiger partial charge in [0.1, 0.15) is 0 Å². The summed E-state index contributed by atoms with van der Waals surface area (Å²) in [5.41, 5.74) is 3.45. The summed E-state index contributed by atoms with van der Waals surface area (Å²) in [4.78, 5) is 12.5. The molecule has 3 nitrogen and oxygen atoms in total. The van der Waals surface area contributed by atoms with Crippen LogP contribution in [0.25, 0.3) is 0 Å². The highest BCUT2D eigenvalue weighted by Crippen LogP contribution is 2.27. The van der Waals surface area contributed by atoms with Crippen LogP contribution in [0.1, 0.15) is 43.7 Å². The zero-order chi connectivity index (χ0) is 13.3. The second kappa shape index (κ2) is 6.15. The first-order valence-electron chi connectivity index (χ1n) is 7.42. The molecule has 1 aromatic rings. The van der Waals surface area contributed by atoms with E-state index in [1.54, 1.807) is 0 Å². The molecule has 20 heavy (non-hydrogen) atoms. The van der Waals surface area contributed by atoms with Crippen molar-refractivity contribution >= 4 is 24.0 Å². The van der Waals surface area contributed by atoms with E-state index in [0.29, 0.717) is 0 Å². The average Bonchev–Trinajstić information content (AvgIpc) is 3.07. The molecule has 1 aliphatic heterocycles. The second-order valence-electron chi connectivity index (χ2n) is 5.76. The number of nitrogens with one attached hydrogen (secondary N) is 2. The molecule has 1 fully saturated rings. The van der Waals surface area contributed by atoms with Crippen LogP contribution in [0.4, 0.5) is 5.69 Å². The number of amides is 1. The van der Waals surface area contributed by atoms with E-state index < -0.39 is 0 Å². The molecule has 1 aliphatic carbocycles. The summed E-state index contributed by atoms with van der Waals surface area (Å²) >= 11 is 0. The molecule has 110 valence electrons. The number of carbonyl (C=O) groups is 1. The quantitative estimate of drug-likeness (QED) is 0.899. The number of hydrogen-bond donors (Lipinski definition) is 2. The molecule has 1 aromatic carbocycles. The average molecular weight is 295 g/mol. The Morgan fingerprint density at radius 3 is 2.80 bits per heavy atom. The molecule has 1 atom stereocenters. The van der Waals surface area contributed by atoms with Gasteiger partial charge >= 0.3 is 0 Å². The Labute approximate surface area is 126 Å². The Morgan fingerprint density at radius 2 is 2.10 bits per heavy atom. The van der Waals surface area contributed by atoms with Crippen LogP contribution in [0.15, 0.2) is 18.2 Å². The van der Waals surface area contributed by atoms with E-state index in [-0.39, 0.29) is 23.9 Å². The first-order valence-corrected chi connectivity index (χ1v) is 7.42. The van der Waals surface area contributed by atoms with Gasteiger partial charge < -0.3 is 10.6 Å². The molecule has 4 heteroatoms. The summed E-state index contributed by atoms with van der Waals surface area (Å²) in [7, 11) is 0. The van der Waals surface area contributed by atoms with Crippen LogP contribution in [-0.4, -0.2) is 18.0 Å². The van der Waals surface area contributed by atoms with E-state index in [0.717, 1.165) is 37.9 Å². The van der Waals surface area contributed by atoms with Crippen molar-refractivity contribution in [2.75, 3.05) is 11.9 Å². The normalized spacial score (nSPS) is 24.1. The zero-order valence-electron chi connectivity index (χ0n) is 12.0. The topological polar surface area (TPSA) is 41.1 Å². The largest absolute Gasteiger partial charge is 0.324 e. The van der Waals surface area contributed by atoms with E-state index in [1.807, 2.05) is 6.07 Å². The minimum atomic E-state index is -0.348. The molecule has 0 aromatic heterocycles. The Bertz CT molecular complexity index is 495. The molecule has 0 radical (unpaired) electrons. The number of benzene rings is 1. The number of carbonyl (C=O) groups excluding carboxylic acids is 1. The smallest absolute Gasteiger partial charge is 0.244 e. The van der Waals surface area contributed by atoms with Crippen molar-refractivity contribution in [3.8, 4) is 0 Å². The summed E-state index contributed by atoms with van der Waals surface area (Å²) in [5, 5.41) is 6.48. The van der Waals surface area contributed by atoms with E-state index in [4.69, 9.17) is 0 Å². The van der Waals surface area contributed by atoms with Gasteiger partial charge in [-0.15, -0.1) is 12.4 Å². The maximum Gasteiger partial charge on any atom is 0.244 e. The van der Waals surface area contributed by atoms with Gasteiger partial charge in [0.15, 0.2) is 0 Å². The second-order valence-corrected chi connectivity index (χ2v) is 5.76. The Kier molecular flexibility index (Phi) is 4.71. The molecule has 0 bridgehead atoms. The lowest BCUT2D eigenvalue weighted by Crippen LogP contribution is -2.50. The van der Waals surface area contributed by atoms with Crippen LogP contribution >= 0.6 is 12.4 Å². The summed E-state index contributed by atoms with van der Waals surface area (Å²) in [5.74, 6) is 0.130. The zero-order valence-corrected chi connectivity index (χ0v) is 12.8. The lowest BCUT2D eigenvalue weighted by Gasteiger charge is -2.26. The number of halogens is 1. The van der Waals surface area contributed by atoms with Gasteiger partial charge in [-0.05, 0) is 68.3 Å². The lowest BCUT2D eigenvalue weighted by atomic mass is 9.93. The highest BCUT2D eigenvalue weighted by molar-refractivity contribution is 5.98. The van der Waals surface area contributed by atoms with Crippen molar-refractivity contribution in [1.82, 2.24) is 5.32 Å². The molecule has 2 aliphatic rings. The predicted molar refractivity (Wildman–Crippen MR) is 84.6 cm³/mol. The minimum absolute atomic E-state index is 0. The highest BCUT2D eigenvalue weighted by atomic mass is 35.5. The fourth-order valence-corrected chi connectivity index (χ4v) is 3.36. The summed E-state index contributed by atoms with van der Waals surface area (Å²) < 4.78 is 0. The molecule has 0 saturated carbocycles. The molecule has 1 saturated heterocycles. The third kappa shape index (κ3) is 2.70. The van der Waals surface area contributed by atoms with Crippen molar-refractivity contribution in [3.05, 3.63) is 29.3 Å². The third-order valence-electron chi connectivity index (χ3n) is 4.64. The first kappa shape index (κ1) is 15.3. The maximum atomic E-state index is 12.5. The van der Waals surface area contributed by atoms with Crippen LogP contribution in [0.3, 0.4) is 0 Å². The van der Waals surface area contributed by atoms with Gasteiger partial charge in [0.05, 0.1) is 5.54 Å². The summed E-state index contributed by atoms with van der Waals surface area (Å²) in [6.45, 7) is 3.03.